The summed E-state index contributed by atoms with van der Waals surface area (Å²) in [5.41, 5.74) is -1.62. The van der Waals surface area contributed by atoms with Gasteiger partial charge >= 0.3 is 11.9 Å². The molecule has 0 aliphatic rings. The highest BCUT2D eigenvalue weighted by molar-refractivity contribution is 5.93. The predicted molar refractivity (Wildman–Crippen MR) is 66.7 cm³/mol. The fraction of sp³-hybridized carbons (Fsp3) is 0.333. The molecule has 0 unspecified atom stereocenters. The maximum absolute atomic E-state index is 12.0. The first kappa shape index (κ1) is 13.8. The first-order valence-corrected chi connectivity index (χ1v) is 5.64. The molecule has 0 saturated carbocycles. The number of rotatable bonds is 2. The third kappa shape index (κ3) is 1.54. The van der Waals surface area contributed by atoms with Gasteiger partial charge in [0.05, 0.1) is 14.2 Å². The van der Waals surface area contributed by atoms with Crippen molar-refractivity contribution < 1.29 is 19.1 Å². The van der Waals surface area contributed by atoms with Crippen molar-refractivity contribution in [2.75, 3.05) is 14.2 Å². The van der Waals surface area contributed by atoms with E-state index in [-0.39, 0.29) is 22.5 Å². The van der Waals surface area contributed by atoms with Crippen LogP contribution in [0.2, 0.25) is 0 Å². The molecule has 2 rings (SSSR count). The third-order valence-corrected chi connectivity index (χ3v) is 3.12. The Bertz CT molecular complexity index is 763. The summed E-state index contributed by atoms with van der Waals surface area (Å²) < 4.78 is 10.9. The van der Waals surface area contributed by atoms with Crippen LogP contribution < -0.4 is 11.1 Å². The zero-order valence-corrected chi connectivity index (χ0v) is 11.3. The summed E-state index contributed by atoms with van der Waals surface area (Å²) in [7, 11) is 2.28. The number of nitrogens with zero attached hydrogens (tertiary/aromatic N) is 2. The maximum Gasteiger partial charge on any atom is 0.357 e. The largest absolute Gasteiger partial charge is 0.464 e. The summed E-state index contributed by atoms with van der Waals surface area (Å²) in [5.74, 6) is -1.63. The van der Waals surface area contributed by atoms with E-state index < -0.39 is 23.1 Å². The van der Waals surface area contributed by atoms with Crippen LogP contribution in [0.15, 0.2) is 9.59 Å². The Morgan fingerprint density at radius 3 is 1.45 bits per heavy atom. The number of esters is 2. The van der Waals surface area contributed by atoms with Crippen molar-refractivity contribution in [1.29, 1.82) is 0 Å². The van der Waals surface area contributed by atoms with Crippen molar-refractivity contribution >= 4 is 11.9 Å². The first-order valence-electron chi connectivity index (χ1n) is 5.64. The third-order valence-electron chi connectivity index (χ3n) is 3.12. The molecule has 0 spiro atoms. The molecule has 0 amide bonds. The lowest BCUT2D eigenvalue weighted by molar-refractivity contribution is 0.0580. The Morgan fingerprint density at radius 2 is 1.15 bits per heavy atom. The highest BCUT2D eigenvalue weighted by Gasteiger charge is 2.30. The van der Waals surface area contributed by atoms with Crippen molar-refractivity contribution in [3.63, 3.8) is 0 Å². The van der Waals surface area contributed by atoms with Gasteiger partial charge in [-0.1, -0.05) is 0 Å². The van der Waals surface area contributed by atoms with Gasteiger partial charge in [-0.15, -0.1) is 0 Å². The minimum atomic E-state index is -0.817. The average molecular weight is 280 g/mol. The Hall–Kier alpha value is -2.64. The highest BCUT2D eigenvalue weighted by Crippen LogP contribution is 2.12. The van der Waals surface area contributed by atoms with Gasteiger partial charge in [-0.05, 0) is 13.8 Å². The second kappa shape index (κ2) is 4.48. The van der Waals surface area contributed by atoms with Crippen molar-refractivity contribution in [1.82, 2.24) is 9.03 Å². The lowest BCUT2D eigenvalue weighted by atomic mass is 10.2. The molecule has 2 aromatic heterocycles. The Labute approximate surface area is 112 Å². The standard InChI is InChI=1S/C12H12N2O6/c1-5-7(11(17)19-3)13-8(12(18)20-4)6(2)10(16)14(13)9(5)15/h1-4H3. The van der Waals surface area contributed by atoms with Gasteiger partial charge in [-0.2, -0.15) is 4.52 Å². The highest BCUT2D eigenvalue weighted by atomic mass is 16.5. The van der Waals surface area contributed by atoms with Crippen LogP contribution in [0.5, 0.6) is 0 Å². The normalized spacial score (nSPS) is 10.8. The SMILES string of the molecule is COC(=O)c1c(C)c(=O)n2c(=O)c(C)c(C(=O)OC)n12. The molecule has 20 heavy (non-hydrogen) atoms. The summed E-state index contributed by atoms with van der Waals surface area (Å²) in [5, 5.41) is 0. The van der Waals surface area contributed by atoms with Crippen LogP contribution in [0.3, 0.4) is 0 Å². The van der Waals surface area contributed by atoms with Crippen molar-refractivity contribution in [2.24, 2.45) is 0 Å². The van der Waals surface area contributed by atoms with E-state index in [1.165, 1.54) is 13.8 Å². The molecule has 0 aliphatic carbocycles. The second-order valence-electron chi connectivity index (χ2n) is 4.16. The monoisotopic (exact) mass is 280 g/mol. The minimum absolute atomic E-state index is 0.0269. The molecule has 2 aromatic rings. The van der Waals surface area contributed by atoms with Crippen LogP contribution in [0, 0.1) is 13.8 Å². The van der Waals surface area contributed by atoms with Gasteiger partial charge in [0.2, 0.25) is 0 Å². The molecule has 0 aliphatic heterocycles. The number of aromatic nitrogens is 2. The fourth-order valence-electron chi connectivity index (χ4n) is 2.10. The lowest BCUT2D eigenvalue weighted by Gasteiger charge is -2.03. The van der Waals surface area contributed by atoms with E-state index in [1.54, 1.807) is 0 Å². The van der Waals surface area contributed by atoms with E-state index >= 15 is 0 Å². The van der Waals surface area contributed by atoms with E-state index in [0.717, 1.165) is 23.3 Å². The van der Waals surface area contributed by atoms with E-state index in [9.17, 15) is 19.2 Å². The molecule has 106 valence electrons. The van der Waals surface area contributed by atoms with Gasteiger partial charge in [0.15, 0.2) is 11.4 Å². The number of carbonyl (C=O) groups excluding carboxylic acids is 2. The summed E-state index contributed by atoms with van der Waals surface area (Å²) in [6.07, 6.45) is 0. The first-order chi connectivity index (χ1) is 9.36. The molecule has 0 radical (unpaired) electrons. The Kier molecular flexibility index (Phi) is 3.09. The Balaban J connectivity index is 3.09. The van der Waals surface area contributed by atoms with Crippen LogP contribution in [-0.2, 0) is 9.47 Å². The molecule has 0 aromatic carbocycles. The molecule has 8 heteroatoms. The van der Waals surface area contributed by atoms with Crippen molar-refractivity contribution in [2.45, 2.75) is 13.8 Å². The van der Waals surface area contributed by atoms with Crippen LogP contribution in [0.4, 0.5) is 0 Å². The zero-order chi connectivity index (χ0) is 15.2. The second-order valence-corrected chi connectivity index (χ2v) is 4.16. The number of hydrogen-bond donors (Lipinski definition) is 0. The van der Waals surface area contributed by atoms with Crippen molar-refractivity contribution in [3.05, 3.63) is 43.2 Å². The number of hydrogen-bond acceptors (Lipinski definition) is 6. The number of carbonyl (C=O) groups is 2. The van der Waals surface area contributed by atoms with Crippen LogP contribution in [0.1, 0.15) is 32.1 Å². The summed E-state index contributed by atoms with van der Waals surface area (Å²) in [6, 6.07) is 0. The molecule has 0 saturated heterocycles. The molecule has 0 fully saturated rings. The molecular weight excluding hydrogens is 268 g/mol. The van der Waals surface area contributed by atoms with Crippen molar-refractivity contribution in [3.8, 4) is 0 Å². The van der Waals surface area contributed by atoms with Gasteiger partial charge in [0.1, 0.15) is 0 Å². The van der Waals surface area contributed by atoms with Gasteiger partial charge < -0.3 is 9.47 Å². The van der Waals surface area contributed by atoms with Gasteiger partial charge in [0, 0.05) is 11.1 Å². The van der Waals surface area contributed by atoms with E-state index in [2.05, 4.69) is 9.47 Å². The lowest BCUT2D eigenvalue weighted by Crippen LogP contribution is -2.23. The molecule has 2 heterocycles. The van der Waals surface area contributed by atoms with Crippen LogP contribution >= 0.6 is 0 Å². The number of ether oxygens (including phenoxy) is 2. The molecule has 0 bridgehead atoms. The summed E-state index contributed by atoms with van der Waals surface area (Å²) in [4.78, 5) is 47.7. The van der Waals surface area contributed by atoms with Crippen LogP contribution in [-0.4, -0.2) is 35.2 Å². The smallest absolute Gasteiger partial charge is 0.357 e. The predicted octanol–water partition coefficient (Wildman–Crippen LogP) is -0.613. The summed E-state index contributed by atoms with van der Waals surface area (Å²) in [6.45, 7) is 2.76. The van der Waals surface area contributed by atoms with Gasteiger partial charge in [-0.3, -0.25) is 9.59 Å². The van der Waals surface area contributed by atoms with E-state index in [1.807, 2.05) is 0 Å². The molecule has 0 N–H and O–H groups in total. The minimum Gasteiger partial charge on any atom is -0.464 e. The Morgan fingerprint density at radius 1 is 0.800 bits per heavy atom. The number of methoxy groups -OCH3 is 2. The van der Waals surface area contributed by atoms with E-state index in [4.69, 9.17) is 0 Å². The molecule has 8 nitrogen and oxygen atoms in total. The van der Waals surface area contributed by atoms with E-state index in [0.29, 0.717) is 0 Å². The molecule has 0 atom stereocenters. The average Bonchev–Trinajstić information content (AvgIpc) is 2.83. The van der Waals surface area contributed by atoms with Gasteiger partial charge in [-0.25, -0.2) is 14.1 Å². The summed E-state index contributed by atoms with van der Waals surface area (Å²) >= 11 is 0. The molecular formula is C12H12N2O6. The quantitative estimate of drug-likeness (QED) is 0.681. The number of fused-ring (bicyclic) bond motifs is 1. The van der Waals surface area contributed by atoms with Crippen LogP contribution in [0.25, 0.3) is 0 Å². The maximum atomic E-state index is 12.0. The zero-order valence-electron chi connectivity index (χ0n) is 11.3. The topological polar surface area (TPSA) is 95.6 Å². The van der Waals surface area contributed by atoms with Gasteiger partial charge in [0.25, 0.3) is 11.1 Å². The fourth-order valence-corrected chi connectivity index (χ4v) is 2.10.